The van der Waals surface area contributed by atoms with Crippen molar-refractivity contribution < 1.29 is 13.0 Å². The van der Waals surface area contributed by atoms with E-state index in [4.69, 9.17) is 0 Å². The highest BCUT2D eigenvalue weighted by atomic mass is 32.2. The monoisotopic (exact) mass is 331 g/mol. The standard InChI is InChI=1S/C16H17N3O3S/c1-10-7-8-13(11(2)9-10)12(3)19-23(20,21)15-6-4-5-14-16(15)18-22-17-14/h4-9,12,19H,1-3H3/t12-/m0/s1. The number of sulfonamides is 1. The van der Waals surface area contributed by atoms with Gasteiger partial charge in [0.05, 0.1) is 0 Å². The lowest BCUT2D eigenvalue weighted by Crippen LogP contribution is -2.27. The number of nitrogens with one attached hydrogen (secondary N) is 1. The Morgan fingerprint density at radius 3 is 2.65 bits per heavy atom. The van der Waals surface area contributed by atoms with Crippen molar-refractivity contribution in [1.82, 2.24) is 15.0 Å². The molecule has 2 aromatic carbocycles. The average molecular weight is 331 g/mol. The van der Waals surface area contributed by atoms with E-state index in [0.717, 1.165) is 16.7 Å². The number of rotatable bonds is 4. The maximum atomic E-state index is 12.7. The van der Waals surface area contributed by atoms with E-state index in [9.17, 15) is 8.42 Å². The predicted octanol–water partition coefficient (Wildman–Crippen LogP) is 2.88. The van der Waals surface area contributed by atoms with Crippen LogP contribution in [-0.4, -0.2) is 18.7 Å². The SMILES string of the molecule is Cc1ccc([C@H](C)NS(=O)(=O)c2cccc3nonc23)c(C)c1. The van der Waals surface area contributed by atoms with Crippen molar-refractivity contribution in [2.75, 3.05) is 0 Å². The van der Waals surface area contributed by atoms with Crippen molar-refractivity contribution in [2.45, 2.75) is 31.7 Å². The molecule has 0 aliphatic carbocycles. The van der Waals surface area contributed by atoms with E-state index >= 15 is 0 Å². The third-order valence-corrected chi connectivity index (χ3v) is 5.33. The fourth-order valence-corrected chi connectivity index (χ4v) is 4.04. The van der Waals surface area contributed by atoms with Crippen LogP contribution in [0.5, 0.6) is 0 Å². The Morgan fingerprint density at radius 2 is 1.91 bits per heavy atom. The second-order valence-corrected chi connectivity index (χ2v) is 7.27. The molecule has 0 saturated carbocycles. The van der Waals surface area contributed by atoms with E-state index in [-0.39, 0.29) is 16.5 Å². The van der Waals surface area contributed by atoms with E-state index in [0.29, 0.717) is 5.52 Å². The van der Waals surface area contributed by atoms with Gasteiger partial charge in [0, 0.05) is 6.04 Å². The van der Waals surface area contributed by atoms with Crippen molar-refractivity contribution >= 4 is 21.1 Å². The number of nitrogens with zero attached hydrogens (tertiary/aromatic N) is 2. The number of fused-ring (bicyclic) bond motifs is 1. The Labute approximate surface area is 134 Å². The van der Waals surface area contributed by atoms with Gasteiger partial charge in [0.25, 0.3) is 0 Å². The smallest absolute Gasteiger partial charge is 0.243 e. The van der Waals surface area contributed by atoms with E-state index in [1.165, 1.54) is 6.07 Å². The molecule has 120 valence electrons. The fourth-order valence-electron chi connectivity index (χ4n) is 2.67. The third kappa shape index (κ3) is 2.97. The van der Waals surface area contributed by atoms with Crippen molar-refractivity contribution in [3.05, 3.63) is 53.1 Å². The summed E-state index contributed by atoms with van der Waals surface area (Å²) in [4.78, 5) is 0.0628. The average Bonchev–Trinajstić information content (AvgIpc) is 2.94. The van der Waals surface area contributed by atoms with Crippen molar-refractivity contribution in [1.29, 1.82) is 0 Å². The van der Waals surface area contributed by atoms with Gasteiger partial charge in [0.15, 0.2) is 5.52 Å². The Kier molecular flexibility index (Phi) is 3.91. The first-order chi connectivity index (χ1) is 10.9. The van der Waals surface area contributed by atoms with Crippen LogP contribution in [0.15, 0.2) is 45.9 Å². The highest BCUT2D eigenvalue weighted by molar-refractivity contribution is 7.89. The van der Waals surface area contributed by atoms with Crippen LogP contribution in [-0.2, 0) is 10.0 Å². The number of aromatic nitrogens is 2. The van der Waals surface area contributed by atoms with E-state index < -0.39 is 10.0 Å². The van der Waals surface area contributed by atoms with Gasteiger partial charge in [-0.3, -0.25) is 0 Å². The minimum atomic E-state index is -3.74. The summed E-state index contributed by atoms with van der Waals surface area (Å²) in [6.45, 7) is 5.79. The van der Waals surface area contributed by atoms with E-state index in [2.05, 4.69) is 19.7 Å². The second-order valence-electron chi connectivity index (χ2n) is 5.59. The van der Waals surface area contributed by atoms with Gasteiger partial charge in [-0.15, -0.1) is 0 Å². The summed E-state index contributed by atoms with van der Waals surface area (Å²) in [5.74, 6) is 0. The summed E-state index contributed by atoms with van der Waals surface area (Å²) in [5, 5.41) is 7.36. The predicted molar refractivity (Wildman–Crippen MR) is 86.5 cm³/mol. The summed E-state index contributed by atoms with van der Waals surface area (Å²) >= 11 is 0. The maximum Gasteiger partial charge on any atom is 0.243 e. The van der Waals surface area contributed by atoms with Crippen LogP contribution in [0.2, 0.25) is 0 Å². The van der Waals surface area contributed by atoms with E-state index in [1.54, 1.807) is 12.1 Å². The maximum absolute atomic E-state index is 12.7. The van der Waals surface area contributed by atoms with Crippen molar-refractivity contribution in [2.24, 2.45) is 0 Å². The number of hydrogen-bond acceptors (Lipinski definition) is 5. The molecule has 1 aromatic heterocycles. The molecule has 0 spiro atoms. The molecule has 0 radical (unpaired) electrons. The molecular weight excluding hydrogens is 314 g/mol. The van der Waals surface area contributed by atoms with Crippen LogP contribution in [0.3, 0.4) is 0 Å². The van der Waals surface area contributed by atoms with Crippen molar-refractivity contribution in [3.8, 4) is 0 Å². The molecule has 0 unspecified atom stereocenters. The highest BCUT2D eigenvalue weighted by Gasteiger charge is 2.23. The Morgan fingerprint density at radius 1 is 1.13 bits per heavy atom. The van der Waals surface area contributed by atoms with Crippen LogP contribution >= 0.6 is 0 Å². The van der Waals surface area contributed by atoms with Crippen molar-refractivity contribution in [3.63, 3.8) is 0 Å². The lowest BCUT2D eigenvalue weighted by atomic mass is 10.0. The van der Waals surface area contributed by atoms with Gasteiger partial charge >= 0.3 is 0 Å². The molecule has 3 rings (SSSR count). The van der Waals surface area contributed by atoms with Gasteiger partial charge in [-0.05, 0) is 54.3 Å². The highest BCUT2D eigenvalue weighted by Crippen LogP contribution is 2.24. The minimum absolute atomic E-state index is 0.0628. The van der Waals surface area contributed by atoms with Crippen LogP contribution in [0.25, 0.3) is 11.0 Å². The van der Waals surface area contributed by atoms with Gasteiger partial charge in [-0.25, -0.2) is 17.8 Å². The number of hydrogen-bond donors (Lipinski definition) is 1. The molecule has 0 aliphatic heterocycles. The topological polar surface area (TPSA) is 85.1 Å². The molecular formula is C16H17N3O3S. The lowest BCUT2D eigenvalue weighted by molar-refractivity contribution is 0.315. The molecule has 0 saturated heterocycles. The normalized spacial score (nSPS) is 13.3. The lowest BCUT2D eigenvalue weighted by Gasteiger charge is -2.17. The molecule has 7 heteroatoms. The molecule has 1 heterocycles. The molecule has 0 amide bonds. The molecule has 1 N–H and O–H groups in total. The molecule has 6 nitrogen and oxygen atoms in total. The second kappa shape index (κ2) is 5.75. The first-order valence-corrected chi connectivity index (χ1v) is 8.67. The Bertz CT molecular complexity index is 964. The Balaban J connectivity index is 1.96. The molecule has 0 fully saturated rings. The van der Waals surface area contributed by atoms with E-state index in [1.807, 2.05) is 39.0 Å². The Hall–Kier alpha value is -2.25. The molecule has 0 bridgehead atoms. The molecule has 0 aliphatic rings. The zero-order valence-corrected chi connectivity index (χ0v) is 13.9. The zero-order valence-electron chi connectivity index (χ0n) is 13.1. The van der Waals surface area contributed by atoms with Gasteiger partial charge < -0.3 is 0 Å². The minimum Gasteiger partial charge on any atom is -0.243 e. The third-order valence-electron chi connectivity index (χ3n) is 3.76. The molecule has 1 atom stereocenters. The molecule has 3 aromatic rings. The van der Waals surface area contributed by atoms with Gasteiger partial charge in [-0.2, -0.15) is 0 Å². The first kappa shape index (κ1) is 15.6. The van der Waals surface area contributed by atoms with Crippen LogP contribution < -0.4 is 4.72 Å². The number of benzene rings is 2. The first-order valence-electron chi connectivity index (χ1n) is 7.19. The quantitative estimate of drug-likeness (QED) is 0.794. The van der Waals surface area contributed by atoms with Crippen LogP contribution in [0, 0.1) is 13.8 Å². The summed E-state index contributed by atoms with van der Waals surface area (Å²) < 4.78 is 32.7. The fraction of sp³-hybridized carbons (Fsp3) is 0.250. The summed E-state index contributed by atoms with van der Waals surface area (Å²) in [6, 6.07) is 10.3. The summed E-state index contributed by atoms with van der Waals surface area (Å²) in [6.07, 6.45) is 0. The van der Waals surface area contributed by atoms with Gasteiger partial charge in [-0.1, -0.05) is 29.8 Å². The summed E-state index contributed by atoms with van der Waals surface area (Å²) in [7, 11) is -3.74. The van der Waals surface area contributed by atoms with Gasteiger partial charge in [0.1, 0.15) is 10.4 Å². The number of aryl methyl sites for hydroxylation is 2. The van der Waals surface area contributed by atoms with Gasteiger partial charge in [0.2, 0.25) is 10.0 Å². The zero-order chi connectivity index (χ0) is 16.6. The van der Waals surface area contributed by atoms with Crippen LogP contribution in [0.4, 0.5) is 0 Å². The largest absolute Gasteiger partial charge is 0.243 e. The molecule has 23 heavy (non-hydrogen) atoms. The van der Waals surface area contributed by atoms with Crippen LogP contribution in [0.1, 0.15) is 29.7 Å². The summed E-state index contributed by atoms with van der Waals surface area (Å²) in [5.41, 5.74) is 3.76.